The molecule has 0 saturated carbocycles. The second-order valence-corrected chi connectivity index (χ2v) is 33.4. The Hall–Kier alpha value is -3.78. The summed E-state index contributed by atoms with van der Waals surface area (Å²) in [7, 11) is -2.59. The minimum Gasteiger partial charge on any atom is -0.216 e. The number of pyridine rings is 2. The Balaban J connectivity index is 0.990. The zero-order valence-corrected chi connectivity index (χ0v) is 53.8. The highest BCUT2D eigenvalue weighted by Crippen LogP contribution is 2.51. The van der Waals surface area contributed by atoms with Crippen LogP contribution in [0, 0.1) is 23.7 Å². The Morgan fingerprint density at radius 1 is 0.418 bits per heavy atom. The molecule has 2 unspecified atom stereocenters. The molecule has 0 spiro atoms. The summed E-state index contributed by atoms with van der Waals surface area (Å²) in [5.41, 5.74) is 4.44. The first-order valence-corrected chi connectivity index (χ1v) is 37.8. The monoisotopic (exact) mass is 1220 g/mol. The van der Waals surface area contributed by atoms with Gasteiger partial charge in [-0.05, 0) is 121 Å². The van der Waals surface area contributed by atoms with E-state index in [0.717, 1.165) is 90.5 Å². The van der Waals surface area contributed by atoms with E-state index in [1.807, 2.05) is 34.8 Å². The average Bonchev–Trinajstić information content (AvgIpc) is 3.70. The van der Waals surface area contributed by atoms with Gasteiger partial charge in [0.05, 0.1) is 44.3 Å². The fraction of sp³-hybridized carbons (Fsp3) is 0.452. The molecule has 11 heterocycles. The van der Waals surface area contributed by atoms with Gasteiger partial charge in [0, 0.05) is 48.8 Å². The minimum absolute atomic E-state index is 0.430. The number of aromatic nitrogens is 6. The van der Waals surface area contributed by atoms with E-state index in [4.69, 9.17) is 27.5 Å². The van der Waals surface area contributed by atoms with Crippen LogP contribution in [0.4, 0.5) is 8.78 Å². The molecule has 0 aromatic carbocycles. The summed E-state index contributed by atoms with van der Waals surface area (Å²) in [4.78, 5) is 23.2. The number of hydrogen-bond acceptors (Lipinski definition) is 14. The van der Waals surface area contributed by atoms with E-state index in [1.165, 1.54) is 130 Å². The highest BCUT2D eigenvalue weighted by atomic mass is 32.1. The summed E-state index contributed by atoms with van der Waals surface area (Å²) in [6.45, 7) is 13.9. The second kappa shape index (κ2) is 25.8. The maximum Gasteiger partial charge on any atom is 0.224 e. The van der Waals surface area contributed by atoms with Crippen molar-refractivity contribution >= 4 is 132 Å². The molecule has 2 atom stereocenters. The minimum atomic E-state index is -2.59. The third kappa shape index (κ3) is 11.7. The zero-order chi connectivity index (χ0) is 54.6. The first kappa shape index (κ1) is 57.1. The number of unbranched alkanes of at least 4 members (excludes halogenated alkanes) is 8. The molecule has 414 valence electrons. The largest absolute Gasteiger partial charge is 0.224 e. The summed E-state index contributed by atoms with van der Waals surface area (Å²) in [5, 5.41) is 2.91. The lowest BCUT2D eigenvalue weighted by Crippen LogP contribution is -2.56. The van der Waals surface area contributed by atoms with Crippen molar-refractivity contribution in [3.05, 3.63) is 82.3 Å². The summed E-state index contributed by atoms with van der Waals surface area (Å²) < 4.78 is 53.6. The molecule has 0 radical (unpaired) electrons. The van der Waals surface area contributed by atoms with E-state index in [0.29, 0.717) is 56.4 Å². The van der Waals surface area contributed by atoms with E-state index in [-0.39, 0.29) is 0 Å². The van der Waals surface area contributed by atoms with Gasteiger partial charge >= 0.3 is 0 Å². The first-order chi connectivity index (χ1) is 38.7. The van der Waals surface area contributed by atoms with Gasteiger partial charge in [0.15, 0.2) is 0 Å². The van der Waals surface area contributed by atoms with E-state index < -0.39 is 20.0 Å². The lowest BCUT2D eigenvalue weighted by atomic mass is 10.0. The lowest BCUT2D eigenvalue weighted by molar-refractivity contribution is 0.469. The fourth-order valence-electron chi connectivity index (χ4n) is 12.0. The van der Waals surface area contributed by atoms with Crippen molar-refractivity contribution in [3.8, 4) is 71.3 Å². The van der Waals surface area contributed by atoms with Gasteiger partial charge in [-0.2, -0.15) is 26.3 Å². The number of halogens is 2. The van der Waals surface area contributed by atoms with Gasteiger partial charge < -0.3 is 0 Å². The third-order valence-electron chi connectivity index (χ3n) is 16.3. The van der Waals surface area contributed by atoms with Gasteiger partial charge in [-0.25, -0.2) is 9.97 Å². The van der Waals surface area contributed by atoms with Crippen molar-refractivity contribution in [1.82, 2.24) is 27.5 Å². The molecule has 17 heteroatoms. The van der Waals surface area contributed by atoms with Crippen molar-refractivity contribution in [1.29, 1.82) is 0 Å². The van der Waals surface area contributed by atoms with Crippen molar-refractivity contribution in [2.24, 2.45) is 11.8 Å². The van der Waals surface area contributed by atoms with E-state index in [1.54, 1.807) is 45.3 Å². The predicted molar refractivity (Wildman–Crippen MR) is 346 cm³/mol. The smallest absolute Gasteiger partial charge is 0.216 e. The number of rotatable bonds is 28. The lowest BCUT2D eigenvalue weighted by Gasteiger charge is -2.35. The number of fused-ring (bicyclic) bond motifs is 5. The Morgan fingerprint density at radius 2 is 0.810 bits per heavy atom. The van der Waals surface area contributed by atoms with E-state index in [2.05, 4.69) is 90.1 Å². The fourth-order valence-corrected chi connectivity index (χ4v) is 27.8. The number of nitrogens with zero attached hydrogens (tertiary/aromatic N) is 6. The van der Waals surface area contributed by atoms with Gasteiger partial charge in [-0.1, -0.05) is 131 Å². The van der Waals surface area contributed by atoms with E-state index in [9.17, 15) is 0 Å². The van der Waals surface area contributed by atoms with Crippen molar-refractivity contribution in [3.63, 3.8) is 0 Å². The molecule has 0 bridgehead atoms. The molecule has 10 aromatic rings. The van der Waals surface area contributed by atoms with Gasteiger partial charge in [0.2, 0.25) is 11.9 Å². The normalized spacial score (nSPS) is 13.8. The van der Waals surface area contributed by atoms with Crippen LogP contribution < -0.4 is 10.4 Å². The van der Waals surface area contributed by atoms with Gasteiger partial charge in [-0.15, -0.1) is 68.0 Å². The molecule has 6 nitrogen and oxygen atoms in total. The predicted octanol–water partition coefficient (Wildman–Crippen LogP) is 21.4. The molecular weight excluding hydrogens is 1150 g/mol. The summed E-state index contributed by atoms with van der Waals surface area (Å²) in [6.07, 6.45) is 21.5. The van der Waals surface area contributed by atoms with Crippen LogP contribution in [0.15, 0.2) is 60.7 Å². The van der Waals surface area contributed by atoms with Gasteiger partial charge in [0.1, 0.15) is 41.5 Å². The molecule has 1 aliphatic heterocycles. The van der Waals surface area contributed by atoms with Crippen LogP contribution in [-0.4, -0.2) is 35.5 Å². The van der Waals surface area contributed by atoms with Crippen LogP contribution >= 0.6 is 91.5 Å². The Morgan fingerprint density at radius 3 is 1.23 bits per heavy atom. The molecule has 1 aliphatic rings. The Labute approximate surface area is 498 Å². The SMILES string of the molecule is CCCCCCc1ccc(-c2ccc(-c3c(F)nc(-c4cc5c(s4)-c4sc(-c6nc(F)c(-c7ccc(-c8ccc(CCCCCC)s8)s7)c7nsnc67)cc4[Si]5(CC(CC)CCCC)CC(CC)CCCC)c4nsnc34)s2)s1. The van der Waals surface area contributed by atoms with Crippen molar-refractivity contribution in [2.45, 2.75) is 169 Å². The van der Waals surface area contributed by atoms with Crippen LogP contribution in [0.1, 0.15) is 154 Å². The highest BCUT2D eigenvalue weighted by Gasteiger charge is 2.50. The molecule has 0 amide bonds. The van der Waals surface area contributed by atoms with E-state index >= 15 is 8.78 Å². The van der Waals surface area contributed by atoms with Crippen LogP contribution in [0.2, 0.25) is 12.1 Å². The summed E-state index contributed by atoms with van der Waals surface area (Å²) >= 11 is 12.6. The molecular formula is C62H70F2N6S8Si. The van der Waals surface area contributed by atoms with Crippen LogP contribution in [0.5, 0.6) is 0 Å². The molecule has 0 aliphatic carbocycles. The molecule has 0 saturated heterocycles. The third-order valence-corrected chi connectivity index (χ3v) is 30.5. The molecule has 11 rings (SSSR count). The molecule has 10 aromatic heterocycles. The topological polar surface area (TPSA) is 77.3 Å². The first-order valence-electron chi connectivity index (χ1n) is 29.0. The number of aryl methyl sites for hydroxylation is 2. The maximum atomic E-state index is 17.1. The van der Waals surface area contributed by atoms with Crippen LogP contribution in [0.25, 0.3) is 93.4 Å². The van der Waals surface area contributed by atoms with Crippen molar-refractivity contribution < 1.29 is 8.78 Å². The standard InChI is InChI=1S/C62H70F2N6S8Si/c1-7-13-17-19-23-39-25-27-41(71-39)43-29-31-45(73-43)51-55-57(69-77-67-55)53(65-61(51)63)47-33-49-59(75-47)60-50(79(49,35-37(11-5)21-15-9-3)36-38(12-6)22-16-10-4)34-48(76-60)54-58-56(68-78-70-58)52(62(64)66-54)46-32-30-44(74-46)42-28-26-40(72-42)24-20-18-14-8-2/h25-34,37-38H,7-24,35-36H2,1-6H3. The van der Waals surface area contributed by atoms with Crippen LogP contribution in [-0.2, 0) is 12.8 Å². The number of thiophene rings is 6. The average molecular weight is 1220 g/mol. The maximum absolute atomic E-state index is 17.1. The second-order valence-electron chi connectivity index (χ2n) is 21.7. The number of hydrogen-bond donors (Lipinski definition) is 0. The van der Waals surface area contributed by atoms with Crippen LogP contribution in [0.3, 0.4) is 0 Å². The Kier molecular flexibility index (Phi) is 18.6. The zero-order valence-electron chi connectivity index (χ0n) is 46.3. The van der Waals surface area contributed by atoms with Crippen molar-refractivity contribution in [2.75, 3.05) is 0 Å². The quantitative estimate of drug-likeness (QED) is 0.0276. The summed E-state index contributed by atoms with van der Waals surface area (Å²) in [6, 6.07) is 24.3. The molecule has 0 N–H and O–H groups in total. The molecule has 79 heavy (non-hydrogen) atoms. The Bertz CT molecular complexity index is 3430. The van der Waals surface area contributed by atoms with Gasteiger partial charge in [0.25, 0.3) is 0 Å². The molecule has 0 fully saturated rings. The van der Waals surface area contributed by atoms with Gasteiger partial charge in [-0.3, -0.25) is 0 Å². The summed E-state index contributed by atoms with van der Waals surface area (Å²) in [5.74, 6) is 0.0884. The highest BCUT2D eigenvalue weighted by molar-refractivity contribution is 7.32.